The predicted octanol–water partition coefficient (Wildman–Crippen LogP) is -3.12. The molecule has 0 aromatic rings. The number of aldehydes is 1. The molecular formula is C5H10O5Sn. The van der Waals surface area contributed by atoms with Gasteiger partial charge in [0.1, 0.15) is 18.3 Å². The molecule has 0 amide bonds. The molecule has 0 heterocycles. The van der Waals surface area contributed by atoms with Crippen LogP contribution in [-0.2, 0) is 4.79 Å². The average molecular weight is 269 g/mol. The molecule has 0 spiro atoms. The van der Waals surface area contributed by atoms with E-state index in [9.17, 15) is 4.79 Å². The van der Waals surface area contributed by atoms with Crippen molar-refractivity contribution in [3.63, 3.8) is 0 Å². The van der Waals surface area contributed by atoms with E-state index in [0.29, 0.717) is 0 Å². The second-order valence-corrected chi connectivity index (χ2v) is 1.87. The van der Waals surface area contributed by atoms with Crippen LogP contribution in [0.25, 0.3) is 0 Å². The molecule has 6 heteroatoms. The van der Waals surface area contributed by atoms with Crippen LogP contribution in [0.15, 0.2) is 0 Å². The van der Waals surface area contributed by atoms with E-state index in [0.717, 1.165) is 0 Å². The van der Waals surface area contributed by atoms with Gasteiger partial charge in [-0.1, -0.05) is 0 Å². The monoisotopic (exact) mass is 270 g/mol. The zero-order chi connectivity index (χ0) is 8.15. The Balaban J connectivity index is 0. The number of aliphatic hydroxyl groups excluding tert-OH is 4. The van der Waals surface area contributed by atoms with Gasteiger partial charge in [-0.2, -0.15) is 0 Å². The van der Waals surface area contributed by atoms with Crippen molar-refractivity contribution in [2.24, 2.45) is 0 Å². The first kappa shape index (κ1) is 13.9. The van der Waals surface area contributed by atoms with Crippen LogP contribution in [-0.4, -0.2) is 75.5 Å². The largest absolute Gasteiger partial charge is 0.394 e. The zero-order valence-electron chi connectivity index (χ0n) is 5.71. The third kappa shape index (κ3) is 4.70. The molecule has 11 heavy (non-hydrogen) atoms. The molecular weight excluding hydrogens is 259 g/mol. The van der Waals surface area contributed by atoms with Crippen LogP contribution in [0.2, 0.25) is 0 Å². The summed E-state index contributed by atoms with van der Waals surface area (Å²) in [5.41, 5.74) is 0. The van der Waals surface area contributed by atoms with Crippen LogP contribution in [0.5, 0.6) is 0 Å². The molecule has 0 rings (SSSR count). The summed E-state index contributed by atoms with van der Waals surface area (Å²) in [6.45, 7) is -0.688. The van der Waals surface area contributed by atoms with Gasteiger partial charge in [-0.3, -0.25) is 0 Å². The van der Waals surface area contributed by atoms with Crippen LogP contribution in [0.1, 0.15) is 0 Å². The smallest absolute Gasteiger partial charge is 0.151 e. The zero-order valence-corrected chi connectivity index (χ0v) is 8.57. The summed E-state index contributed by atoms with van der Waals surface area (Å²) in [6.07, 6.45) is -4.63. The summed E-state index contributed by atoms with van der Waals surface area (Å²) in [6, 6.07) is 0. The Bertz CT molecular complexity index is 109. The van der Waals surface area contributed by atoms with E-state index in [-0.39, 0.29) is 30.2 Å². The average Bonchev–Trinajstić information content (AvgIpc) is 2.00. The fraction of sp³-hybridized carbons (Fsp3) is 0.800. The van der Waals surface area contributed by atoms with Crippen molar-refractivity contribution in [1.29, 1.82) is 0 Å². The van der Waals surface area contributed by atoms with Crippen molar-refractivity contribution in [2.45, 2.75) is 18.3 Å². The van der Waals surface area contributed by atoms with E-state index < -0.39 is 24.9 Å². The minimum Gasteiger partial charge on any atom is -0.394 e. The summed E-state index contributed by atoms with van der Waals surface area (Å²) in [5, 5.41) is 34.1. The predicted molar refractivity (Wildman–Crippen MR) is 36.9 cm³/mol. The summed E-state index contributed by atoms with van der Waals surface area (Å²) < 4.78 is 0. The molecule has 4 radical (unpaired) electrons. The van der Waals surface area contributed by atoms with Crippen LogP contribution in [0.3, 0.4) is 0 Å². The van der Waals surface area contributed by atoms with E-state index >= 15 is 0 Å². The fourth-order valence-electron chi connectivity index (χ4n) is 0.416. The molecule has 0 saturated carbocycles. The second-order valence-electron chi connectivity index (χ2n) is 1.87. The molecule has 0 fully saturated rings. The minimum absolute atomic E-state index is 0. The molecule has 0 aromatic carbocycles. The van der Waals surface area contributed by atoms with Gasteiger partial charge in [0.15, 0.2) is 6.29 Å². The van der Waals surface area contributed by atoms with Crippen molar-refractivity contribution >= 4 is 30.2 Å². The normalized spacial score (nSPS) is 17.8. The molecule has 0 aliphatic heterocycles. The minimum atomic E-state index is -1.64. The Morgan fingerprint density at radius 3 is 2.00 bits per heavy atom. The molecule has 0 aliphatic rings. The van der Waals surface area contributed by atoms with Crippen molar-refractivity contribution in [2.75, 3.05) is 6.61 Å². The molecule has 64 valence electrons. The molecule has 0 saturated heterocycles. The van der Waals surface area contributed by atoms with Crippen molar-refractivity contribution < 1.29 is 25.2 Å². The van der Waals surface area contributed by atoms with Gasteiger partial charge in [0.2, 0.25) is 0 Å². The topological polar surface area (TPSA) is 98.0 Å². The number of carbonyl (C=O) groups excluding carboxylic acids is 1. The standard InChI is InChI=1S/C5H10O5.Sn/c6-1-3(8)5(10)4(9)2-7;/h1,3-5,7-10H,2H2;/t3-,4+,5+;/m0./s1. The molecule has 5 nitrogen and oxygen atoms in total. The van der Waals surface area contributed by atoms with Crippen LogP contribution in [0, 0.1) is 0 Å². The Hall–Kier alpha value is 0.309. The van der Waals surface area contributed by atoms with Gasteiger partial charge in [0.05, 0.1) is 6.61 Å². The number of carbonyl (C=O) groups is 1. The number of aliphatic hydroxyl groups is 4. The molecule has 3 atom stereocenters. The number of rotatable bonds is 4. The maximum Gasteiger partial charge on any atom is 0.151 e. The van der Waals surface area contributed by atoms with Crippen molar-refractivity contribution in [1.82, 2.24) is 0 Å². The van der Waals surface area contributed by atoms with Crippen molar-refractivity contribution in [3.8, 4) is 0 Å². The van der Waals surface area contributed by atoms with E-state index in [1.54, 1.807) is 0 Å². The van der Waals surface area contributed by atoms with E-state index in [1.807, 2.05) is 0 Å². The third-order valence-corrected chi connectivity index (χ3v) is 1.07. The molecule has 0 unspecified atom stereocenters. The van der Waals surface area contributed by atoms with Gasteiger partial charge in [0, 0.05) is 23.9 Å². The van der Waals surface area contributed by atoms with Gasteiger partial charge in [0.25, 0.3) is 0 Å². The number of hydrogen-bond donors (Lipinski definition) is 4. The second kappa shape index (κ2) is 6.98. The van der Waals surface area contributed by atoms with E-state index in [1.165, 1.54) is 0 Å². The quantitative estimate of drug-likeness (QED) is 0.320. The maximum absolute atomic E-state index is 9.76. The summed E-state index contributed by atoms with van der Waals surface area (Å²) in [5.74, 6) is 0. The van der Waals surface area contributed by atoms with Gasteiger partial charge in [-0.05, 0) is 0 Å². The Labute approximate surface area is 80.6 Å². The van der Waals surface area contributed by atoms with Gasteiger partial charge < -0.3 is 25.2 Å². The van der Waals surface area contributed by atoms with Crippen molar-refractivity contribution in [3.05, 3.63) is 0 Å². The van der Waals surface area contributed by atoms with Crippen LogP contribution < -0.4 is 0 Å². The first-order valence-corrected chi connectivity index (χ1v) is 2.73. The van der Waals surface area contributed by atoms with Crippen LogP contribution >= 0.6 is 0 Å². The molecule has 0 aromatic heterocycles. The SMILES string of the molecule is O=C[C@H](O)[C@@H](O)[C@H](O)CO.[Sn]. The number of hydrogen-bond acceptors (Lipinski definition) is 5. The van der Waals surface area contributed by atoms with Crippen LogP contribution in [0.4, 0.5) is 0 Å². The van der Waals surface area contributed by atoms with Gasteiger partial charge in [-0.15, -0.1) is 0 Å². The Morgan fingerprint density at radius 1 is 1.27 bits per heavy atom. The first-order valence-electron chi connectivity index (χ1n) is 2.73. The maximum atomic E-state index is 9.76. The Kier molecular flexibility index (Phi) is 8.81. The summed E-state index contributed by atoms with van der Waals surface area (Å²) in [7, 11) is 0. The summed E-state index contributed by atoms with van der Waals surface area (Å²) >= 11 is 0. The molecule has 0 aliphatic carbocycles. The molecule has 0 bridgehead atoms. The third-order valence-electron chi connectivity index (χ3n) is 1.07. The summed E-state index contributed by atoms with van der Waals surface area (Å²) in [4.78, 5) is 9.76. The van der Waals surface area contributed by atoms with Gasteiger partial charge in [-0.25, -0.2) is 0 Å². The molecule has 4 N–H and O–H groups in total. The fourth-order valence-corrected chi connectivity index (χ4v) is 0.416. The van der Waals surface area contributed by atoms with E-state index in [2.05, 4.69) is 0 Å². The van der Waals surface area contributed by atoms with Gasteiger partial charge >= 0.3 is 0 Å². The van der Waals surface area contributed by atoms with E-state index in [4.69, 9.17) is 20.4 Å². The first-order chi connectivity index (χ1) is 4.63. The Morgan fingerprint density at radius 2 is 1.73 bits per heavy atom.